The van der Waals surface area contributed by atoms with Gasteiger partial charge in [-0.2, -0.15) is 0 Å². The molecule has 0 saturated carbocycles. The highest BCUT2D eigenvalue weighted by molar-refractivity contribution is 5.90. The van der Waals surface area contributed by atoms with Crippen LogP contribution in [0.15, 0.2) is 36.4 Å². The lowest BCUT2D eigenvalue weighted by Gasteiger charge is -2.33. The maximum Gasteiger partial charge on any atom is 0.224 e. The first-order valence-corrected chi connectivity index (χ1v) is 10.4. The standard InChI is InChI=1S/C24H31FN2O2/c1-17-18(2)23(29-3)12-11-20(17)16-27-14-6-7-19(15-27)10-13-24(28)26-22-9-5-4-8-21(22)25/h4-5,8-9,11-12,19H,6-7,10,13-16H2,1-3H3,(H,26,28)/t19-/m1/s1. The summed E-state index contributed by atoms with van der Waals surface area (Å²) in [6.07, 6.45) is 3.54. The zero-order valence-electron chi connectivity index (χ0n) is 17.6. The molecule has 1 N–H and O–H groups in total. The van der Waals surface area contributed by atoms with Crippen LogP contribution in [0.4, 0.5) is 10.1 Å². The molecule has 2 aromatic carbocycles. The van der Waals surface area contributed by atoms with Crippen LogP contribution in [0.2, 0.25) is 0 Å². The number of nitrogens with one attached hydrogen (secondary N) is 1. The Morgan fingerprint density at radius 3 is 2.76 bits per heavy atom. The summed E-state index contributed by atoms with van der Waals surface area (Å²) in [4.78, 5) is 14.7. The molecule has 29 heavy (non-hydrogen) atoms. The van der Waals surface area contributed by atoms with Crippen molar-refractivity contribution in [3.63, 3.8) is 0 Å². The third kappa shape index (κ3) is 5.57. The van der Waals surface area contributed by atoms with Gasteiger partial charge in [-0.25, -0.2) is 4.39 Å². The van der Waals surface area contributed by atoms with E-state index in [0.29, 0.717) is 12.3 Å². The fourth-order valence-electron chi connectivity index (χ4n) is 4.13. The number of benzene rings is 2. The molecule has 0 radical (unpaired) electrons. The summed E-state index contributed by atoms with van der Waals surface area (Å²) >= 11 is 0. The van der Waals surface area contributed by atoms with Crippen molar-refractivity contribution in [1.82, 2.24) is 4.90 Å². The van der Waals surface area contributed by atoms with Crippen LogP contribution in [-0.2, 0) is 11.3 Å². The van der Waals surface area contributed by atoms with E-state index in [2.05, 4.69) is 30.1 Å². The minimum atomic E-state index is -0.394. The molecule has 1 aliphatic rings. The molecular weight excluding hydrogens is 367 g/mol. The van der Waals surface area contributed by atoms with Crippen LogP contribution in [-0.4, -0.2) is 31.0 Å². The number of rotatable bonds is 7. The summed E-state index contributed by atoms with van der Waals surface area (Å²) in [5.74, 6) is 0.919. The van der Waals surface area contributed by atoms with Crippen molar-refractivity contribution >= 4 is 11.6 Å². The van der Waals surface area contributed by atoms with Crippen LogP contribution in [0.25, 0.3) is 0 Å². The summed E-state index contributed by atoms with van der Waals surface area (Å²) in [7, 11) is 1.71. The number of carbonyl (C=O) groups excluding carboxylic acids is 1. The molecule has 1 fully saturated rings. The summed E-state index contributed by atoms with van der Waals surface area (Å²) < 4.78 is 19.1. The topological polar surface area (TPSA) is 41.6 Å². The van der Waals surface area contributed by atoms with Gasteiger partial charge in [-0.05, 0) is 80.5 Å². The molecule has 5 heteroatoms. The fourth-order valence-corrected chi connectivity index (χ4v) is 4.13. The molecule has 0 unspecified atom stereocenters. The Balaban J connectivity index is 1.51. The third-order valence-corrected chi connectivity index (χ3v) is 5.99. The smallest absolute Gasteiger partial charge is 0.224 e. The van der Waals surface area contributed by atoms with E-state index in [-0.39, 0.29) is 11.6 Å². The Hall–Kier alpha value is -2.40. The fraction of sp³-hybridized carbons (Fsp3) is 0.458. The van der Waals surface area contributed by atoms with E-state index in [1.165, 1.54) is 22.8 Å². The average molecular weight is 399 g/mol. The third-order valence-electron chi connectivity index (χ3n) is 5.99. The van der Waals surface area contributed by atoms with E-state index >= 15 is 0 Å². The van der Waals surface area contributed by atoms with Crippen LogP contribution in [0.1, 0.15) is 42.4 Å². The predicted octanol–water partition coefficient (Wildman–Crippen LogP) is 5.08. The lowest BCUT2D eigenvalue weighted by molar-refractivity contribution is -0.116. The highest BCUT2D eigenvalue weighted by Crippen LogP contribution is 2.27. The Morgan fingerprint density at radius 2 is 2.00 bits per heavy atom. The second kappa shape index (κ2) is 9.88. The first-order chi connectivity index (χ1) is 14.0. The number of ether oxygens (including phenoxy) is 1. The quantitative estimate of drug-likeness (QED) is 0.707. The Morgan fingerprint density at radius 1 is 1.21 bits per heavy atom. The van der Waals surface area contributed by atoms with Gasteiger partial charge in [0.2, 0.25) is 5.91 Å². The molecule has 0 spiro atoms. The molecule has 3 rings (SSSR count). The van der Waals surface area contributed by atoms with Crippen LogP contribution >= 0.6 is 0 Å². The van der Waals surface area contributed by atoms with Gasteiger partial charge in [0.15, 0.2) is 0 Å². The monoisotopic (exact) mass is 398 g/mol. The molecule has 0 aromatic heterocycles. The number of carbonyl (C=O) groups is 1. The summed E-state index contributed by atoms with van der Waals surface area (Å²) in [5, 5.41) is 2.69. The maximum atomic E-state index is 13.7. The van der Waals surface area contributed by atoms with E-state index in [1.807, 2.05) is 6.07 Å². The molecule has 0 aliphatic carbocycles. The lowest BCUT2D eigenvalue weighted by Crippen LogP contribution is -2.35. The van der Waals surface area contributed by atoms with Gasteiger partial charge in [0.1, 0.15) is 11.6 Å². The largest absolute Gasteiger partial charge is 0.496 e. The number of methoxy groups -OCH3 is 1. The Kier molecular flexibility index (Phi) is 7.26. The second-order valence-corrected chi connectivity index (χ2v) is 7.99. The molecule has 1 saturated heterocycles. The summed E-state index contributed by atoms with van der Waals surface area (Å²) in [6, 6.07) is 10.5. The SMILES string of the molecule is COc1ccc(CN2CCC[C@H](CCC(=O)Nc3ccccc3F)C2)c(C)c1C. The summed E-state index contributed by atoms with van der Waals surface area (Å²) in [6.45, 7) is 7.26. The highest BCUT2D eigenvalue weighted by atomic mass is 19.1. The lowest BCUT2D eigenvalue weighted by atomic mass is 9.92. The number of hydrogen-bond donors (Lipinski definition) is 1. The Bertz CT molecular complexity index is 853. The number of anilines is 1. The van der Waals surface area contributed by atoms with E-state index in [4.69, 9.17) is 4.74 Å². The van der Waals surface area contributed by atoms with E-state index in [1.54, 1.807) is 25.3 Å². The van der Waals surface area contributed by atoms with Gasteiger partial charge in [0, 0.05) is 19.5 Å². The first kappa shape index (κ1) is 21.3. The second-order valence-electron chi connectivity index (χ2n) is 7.99. The number of nitrogens with zero attached hydrogens (tertiary/aromatic N) is 1. The molecule has 1 amide bonds. The van der Waals surface area contributed by atoms with Gasteiger partial charge < -0.3 is 10.1 Å². The number of para-hydroxylation sites is 1. The number of hydrogen-bond acceptors (Lipinski definition) is 3. The molecule has 4 nitrogen and oxygen atoms in total. The maximum absolute atomic E-state index is 13.7. The van der Waals surface area contributed by atoms with Crippen molar-refractivity contribution in [2.75, 3.05) is 25.5 Å². The minimum Gasteiger partial charge on any atom is -0.496 e. The van der Waals surface area contributed by atoms with Gasteiger partial charge in [0.25, 0.3) is 0 Å². The molecule has 2 aromatic rings. The van der Waals surface area contributed by atoms with Gasteiger partial charge >= 0.3 is 0 Å². The van der Waals surface area contributed by atoms with Crippen molar-refractivity contribution in [2.24, 2.45) is 5.92 Å². The van der Waals surface area contributed by atoms with Gasteiger partial charge in [-0.1, -0.05) is 18.2 Å². The van der Waals surface area contributed by atoms with Crippen molar-refractivity contribution in [1.29, 1.82) is 0 Å². The van der Waals surface area contributed by atoms with E-state index in [0.717, 1.165) is 44.6 Å². The molecule has 0 bridgehead atoms. The highest BCUT2D eigenvalue weighted by Gasteiger charge is 2.22. The van der Waals surface area contributed by atoms with Crippen molar-refractivity contribution in [3.8, 4) is 5.75 Å². The molecule has 1 atom stereocenters. The molecule has 156 valence electrons. The number of piperidine rings is 1. The Labute approximate surface area is 173 Å². The zero-order chi connectivity index (χ0) is 20.8. The van der Waals surface area contributed by atoms with Crippen molar-refractivity contribution in [2.45, 2.75) is 46.1 Å². The molecule has 1 aliphatic heterocycles. The number of amides is 1. The summed E-state index contributed by atoms with van der Waals surface area (Å²) in [5.41, 5.74) is 4.08. The van der Waals surface area contributed by atoms with E-state index in [9.17, 15) is 9.18 Å². The first-order valence-electron chi connectivity index (χ1n) is 10.4. The molecular formula is C24H31FN2O2. The van der Waals surface area contributed by atoms with Crippen LogP contribution in [0.5, 0.6) is 5.75 Å². The van der Waals surface area contributed by atoms with Crippen LogP contribution in [0, 0.1) is 25.6 Å². The van der Waals surface area contributed by atoms with Gasteiger partial charge in [-0.3, -0.25) is 9.69 Å². The number of likely N-dealkylation sites (tertiary alicyclic amines) is 1. The normalized spacial score (nSPS) is 17.2. The van der Waals surface area contributed by atoms with Crippen LogP contribution < -0.4 is 10.1 Å². The molecule has 1 heterocycles. The van der Waals surface area contributed by atoms with Crippen molar-refractivity contribution < 1.29 is 13.9 Å². The minimum absolute atomic E-state index is 0.117. The van der Waals surface area contributed by atoms with E-state index < -0.39 is 5.82 Å². The van der Waals surface area contributed by atoms with Crippen molar-refractivity contribution in [3.05, 3.63) is 58.9 Å². The zero-order valence-corrected chi connectivity index (χ0v) is 17.6. The van der Waals surface area contributed by atoms with Crippen LogP contribution in [0.3, 0.4) is 0 Å². The number of halogens is 1. The predicted molar refractivity (Wildman–Crippen MR) is 115 cm³/mol. The van der Waals surface area contributed by atoms with Gasteiger partial charge in [0.05, 0.1) is 12.8 Å². The average Bonchev–Trinajstić information content (AvgIpc) is 2.72. The van der Waals surface area contributed by atoms with Gasteiger partial charge in [-0.15, -0.1) is 0 Å².